The van der Waals surface area contributed by atoms with Gasteiger partial charge in [0.2, 0.25) is 0 Å². The van der Waals surface area contributed by atoms with Gasteiger partial charge in [0.05, 0.1) is 5.02 Å². The molecule has 0 aromatic heterocycles. The van der Waals surface area contributed by atoms with Gasteiger partial charge in [-0.05, 0) is 30.9 Å². The summed E-state index contributed by atoms with van der Waals surface area (Å²) in [6.07, 6.45) is 5.08. The van der Waals surface area contributed by atoms with Crippen LogP contribution in [0.15, 0.2) is 16.6 Å². The molecule has 0 amide bonds. The highest BCUT2D eigenvalue weighted by Gasteiger charge is 2.35. The van der Waals surface area contributed by atoms with Crippen molar-refractivity contribution in [2.45, 2.75) is 31.7 Å². The smallest absolute Gasteiger partial charge is 0.140 e. The van der Waals surface area contributed by atoms with Crippen LogP contribution in [0.2, 0.25) is 5.02 Å². The molecule has 0 spiro atoms. The number of nitrogens with zero attached hydrogens (tertiary/aromatic N) is 1. The van der Waals surface area contributed by atoms with Gasteiger partial charge in [-0.2, -0.15) is 0 Å². The van der Waals surface area contributed by atoms with Crippen LogP contribution in [0.4, 0.5) is 0 Å². The third kappa shape index (κ3) is 3.24. The Morgan fingerprint density at radius 3 is 2.57 bits per heavy atom. The van der Waals surface area contributed by atoms with E-state index < -0.39 is 0 Å². The number of phenolic OH excluding ortho intramolecular Hbond substituents is 1. The van der Waals surface area contributed by atoms with Crippen molar-refractivity contribution in [3.05, 3.63) is 27.2 Å². The third-order valence-electron chi connectivity index (χ3n) is 4.80. The SMILES string of the molecule is Oc1c(Cl)ccc(Br)c1[C@@H](C1CCCC1)N1CCNCC1. The molecule has 1 aromatic rings. The predicted molar refractivity (Wildman–Crippen MR) is 90.0 cm³/mol. The number of halogens is 2. The van der Waals surface area contributed by atoms with E-state index in [4.69, 9.17) is 11.6 Å². The second-order valence-corrected chi connectivity index (χ2v) is 7.33. The second-order valence-electron chi connectivity index (χ2n) is 6.07. The van der Waals surface area contributed by atoms with Gasteiger partial charge in [0.25, 0.3) is 0 Å². The molecule has 2 N–H and O–H groups in total. The Morgan fingerprint density at radius 2 is 1.90 bits per heavy atom. The molecule has 1 aliphatic heterocycles. The standard InChI is InChI=1S/C16H22BrClN2O/c17-12-5-6-13(18)16(21)14(12)15(11-3-1-2-4-11)20-9-7-19-8-10-20/h5-6,11,15,19,21H,1-4,7-10H2/t15-/m1/s1. The molecule has 1 saturated heterocycles. The van der Waals surface area contributed by atoms with E-state index in [-0.39, 0.29) is 11.8 Å². The first kappa shape index (κ1) is 15.6. The summed E-state index contributed by atoms with van der Waals surface area (Å²) in [5, 5.41) is 14.4. The molecule has 2 aliphatic rings. The summed E-state index contributed by atoms with van der Waals surface area (Å²) in [6.45, 7) is 4.09. The third-order valence-corrected chi connectivity index (χ3v) is 5.80. The topological polar surface area (TPSA) is 35.5 Å². The lowest BCUT2D eigenvalue weighted by molar-refractivity contribution is 0.123. The summed E-state index contributed by atoms with van der Waals surface area (Å²) in [4.78, 5) is 2.52. The van der Waals surface area contributed by atoms with Gasteiger partial charge < -0.3 is 10.4 Å². The number of piperazine rings is 1. The van der Waals surface area contributed by atoms with Gasteiger partial charge in [-0.3, -0.25) is 4.90 Å². The van der Waals surface area contributed by atoms with Gasteiger partial charge in [0, 0.05) is 42.3 Å². The van der Waals surface area contributed by atoms with Crippen molar-refractivity contribution < 1.29 is 5.11 Å². The summed E-state index contributed by atoms with van der Waals surface area (Å²) in [7, 11) is 0. The number of phenols is 1. The number of aromatic hydroxyl groups is 1. The van der Waals surface area contributed by atoms with E-state index in [0.29, 0.717) is 10.9 Å². The highest BCUT2D eigenvalue weighted by Crippen LogP contribution is 2.47. The number of hydrogen-bond donors (Lipinski definition) is 2. The highest BCUT2D eigenvalue weighted by atomic mass is 79.9. The molecular formula is C16H22BrClN2O. The Kier molecular flexibility index (Phi) is 5.10. The average molecular weight is 374 g/mol. The minimum absolute atomic E-state index is 0.251. The number of rotatable bonds is 3. The Hall–Kier alpha value is -0.290. The van der Waals surface area contributed by atoms with E-state index in [1.165, 1.54) is 25.7 Å². The molecule has 5 heteroatoms. The van der Waals surface area contributed by atoms with E-state index in [1.807, 2.05) is 6.07 Å². The Balaban J connectivity index is 1.99. The minimum Gasteiger partial charge on any atom is -0.506 e. The van der Waals surface area contributed by atoms with Crippen LogP contribution in [0.1, 0.15) is 37.3 Å². The maximum atomic E-state index is 10.5. The predicted octanol–water partition coefficient (Wildman–Crippen LogP) is 3.94. The van der Waals surface area contributed by atoms with Gasteiger partial charge >= 0.3 is 0 Å². The lowest BCUT2D eigenvalue weighted by atomic mass is 9.89. The van der Waals surface area contributed by atoms with E-state index in [0.717, 1.165) is 36.2 Å². The summed E-state index contributed by atoms with van der Waals surface area (Å²) in [6, 6.07) is 3.98. The van der Waals surface area contributed by atoms with Crippen molar-refractivity contribution in [2.24, 2.45) is 5.92 Å². The Bertz CT molecular complexity index is 499. The van der Waals surface area contributed by atoms with Crippen molar-refractivity contribution in [3.63, 3.8) is 0 Å². The molecular weight excluding hydrogens is 352 g/mol. The highest BCUT2D eigenvalue weighted by molar-refractivity contribution is 9.10. The molecule has 1 heterocycles. The largest absolute Gasteiger partial charge is 0.506 e. The van der Waals surface area contributed by atoms with Crippen LogP contribution < -0.4 is 5.32 Å². The zero-order valence-electron chi connectivity index (χ0n) is 12.1. The average Bonchev–Trinajstić information content (AvgIpc) is 3.02. The molecule has 3 rings (SSSR count). The van der Waals surface area contributed by atoms with Crippen LogP contribution >= 0.6 is 27.5 Å². The molecule has 1 aromatic carbocycles. The molecule has 1 atom stereocenters. The molecule has 0 bridgehead atoms. The van der Waals surface area contributed by atoms with E-state index in [9.17, 15) is 5.11 Å². The van der Waals surface area contributed by atoms with Crippen molar-refractivity contribution in [3.8, 4) is 5.75 Å². The van der Waals surface area contributed by atoms with Gasteiger partial charge in [-0.25, -0.2) is 0 Å². The Morgan fingerprint density at radius 1 is 1.24 bits per heavy atom. The summed E-state index contributed by atoms with van der Waals surface area (Å²) in [5.74, 6) is 0.866. The molecule has 21 heavy (non-hydrogen) atoms. The molecule has 1 aliphatic carbocycles. The first-order valence-electron chi connectivity index (χ1n) is 7.80. The molecule has 1 saturated carbocycles. The van der Waals surface area contributed by atoms with Crippen molar-refractivity contribution >= 4 is 27.5 Å². The van der Waals surface area contributed by atoms with Crippen LogP contribution in [0, 0.1) is 5.92 Å². The zero-order chi connectivity index (χ0) is 14.8. The lowest BCUT2D eigenvalue weighted by Gasteiger charge is -2.39. The minimum atomic E-state index is 0.251. The fraction of sp³-hybridized carbons (Fsp3) is 0.625. The van der Waals surface area contributed by atoms with Gasteiger partial charge in [-0.15, -0.1) is 0 Å². The molecule has 3 nitrogen and oxygen atoms in total. The number of hydrogen-bond acceptors (Lipinski definition) is 3. The fourth-order valence-corrected chi connectivity index (χ4v) is 4.51. The molecule has 116 valence electrons. The number of benzene rings is 1. The molecule has 0 unspecified atom stereocenters. The van der Waals surface area contributed by atoms with Gasteiger partial charge in [0.1, 0.15) is 5.75 Å². The van der Waals surface area contributed by atoms with E-state index in [2.05, 4.69) is 26.1 Å². The van der Waals surface area contributed by atoms with Crippen LogP contribution in [-0.4, -0.2) is 36.2 Å². The quantitative estimate of drug-likeness (QED) is 0.842. The number of nitrogens with one attached hydrogen (secondary N) is 1. The maximum absolute atomic E-state index is 10.5. The lowest BCUT2D eigenvalue weighted by Crippen LogP contribution is -2.46. The summed E-state index contributed by atoms with van der Waals surface area (Å²) < 4.78 is 0.972. The summed E-state index contributed by atoms with van der Waals surface area (Å²) >= 11 is 9.81. The maximum Gasteiger partial charge on any atom is 0.140 e. The van der Waals surface area contributed by atoms with Crippen molar-refractivity contribution in [1.29, 1.82) is 0 Å². The Labute approximate surface area is 139 Å². The van der Waals surface area contributed by atoms with Crippen LogP contribution in [0.3, 0.4) is 0 Å². The second kappa shape index (κ2) is 6.86. The van der Waals surface area contributed by atoms with Crippen molar-refractivity contribution in [1.82, 2.24) is 10.2 Å². The normalized spacial score (nSPS) is 22.6. The molecule has 2 fully saturated rings. The zero-order valence-corrected chi connectivity index (χ0v) is 14.5. The first-order chi connectivity index (χ1) is 10.2. The van der Waals surface area contributed by atoms with Crippen molar-refractivity contribution in [2.75, 3.05) is 26.2 Å². The van der Waals surface area contributed by atoms with Crippen LogP contribution in [0.5, 0.6) is 5.75 Å². The summed E-state index contributed by atoms with van der Waals surface area (Å²) in [5.41, 5.74) is 0.983. The van der Waals surface area contributed by atoms with Gasteiger partial charge in [-0.1, -0.05) is 40.4 Å². The van der Waals surface area contributed by atoms with Gasteiger partial charge in [0.15, 0.2) is 0 Å². The van der Waals surface area contributed by atoms with Crippen LogP contribution in [-0.2, 0) is 0 Å². The van der Waals surface area contributed by atoms with E-state index in [1.54, 1.807) is 6.07 Å². The van der Waals surface area contributed by atoms with E-state index >= 15 is 0 Å². The fourth-order valence-electron chi connectivity index (χ4n) is 3.79. The van der Waals surface area contributed by atoms with Crippen LogP contribution in [0.25, 0.3) is 0 Å². The first-order valence-corrected chi connectivity index (χ1v) is 8.97. The molecule has 0 radical (unpaired) electrons. The monoisotopic (exact) mass is 372 g/mol.